The molecule has 0 radical (unpaired) electrons. The summed E-state index contributed by atoms with van der Waals surface area (Å²) in [4.78, 5) is 10.8. The number of carbonyl (C=O) groups is 1. The molecule has 0 saturated heterocycles. The van der Waals surface area contributed by atoms with Crippen molar-refractivity contribution < 1.29 is 9.90 Å². The van der Waals surface area contributed by atoms with Gasteiger partial charge in [0.15, 0.2) is 6.29 Å². The molecule has 80 valence electrons. The fourth-order valence-electron chi connectivity index (χ4n) is 1.46. The third kappa shape index (κ3) is 2.03. The topological polar surface area (TPSA) is 49.3 Å². The number of aldehydes is 1. The first-order valence-electron chi connectivity index (χ1n) is 4.90. The van der Waals surface area contributed by atoms with Crippen molar-refractivity contribution in [3.8, 4) is 5.75 Å². The molecule has 0 saturated carbocycles. The van der Waals surface area contributed by atoms with Gasteiger partial charge in [0.05, 0.1) is 5.69 Å². The zero-order valence-electron chi connectivity index (χ0n) is 8.55. The molecule has 2 rings (SSSR count). The predicted octanol–water partition coefficient (Wildman–Crippen LogP) is 2.95. The maximum atomic E-state index is 10.8. The molecule has 3 nitrogen and oxygen atoms in total. The second-order valence-corrected chi connectivity index (χ2v) is 3.35. The highest BCUT2D eigenvalue weighted by atomic mass is 16.3. The van der Waals surface area contributed by atoms with Gasteiger partial charge in [0.2, 0.25) is 0 Å². The normalized spacial score (nSPS) is 9.75. The van der Waals surface area contributed by atoms with Crippen molar-refractivity contribution in [2.24, 2.45) is 0 Å². The van der Waals surface area contributed by atoms with E-state index < -0.39 is 0 Å². The molecule has 2 N–H and O–H groups in total. The first-order chi connectivity index (χ1) is 7.81. The minimum absolute atomic E-state index is 0.0634. The lowest BCUT2D eigenvalue weighted by Gasteiger charge is -2.10. The zero-order valence-corrected chi connectivity index (χ0v) is 8.55. The van der Waals surface area contributed by atoms with Gasteiger partial charge in [0.25, 0.3) is 0 Å². The van der Waals surface area contributed by atoms with Gasteiger partial charge in [-0.1, -0.05) is 24.3 Å². The largest absolute Gasteiger partial charge is 0.506 e. The highest BCUT2D eigenvalue weighted by Crippen LogP contribution is 2.29. The van der Waals surface area contributed by atoms with Crippen LogP contribution in [0.5, 0.6) is 5.75 Å². The Bertz CT molecular complexity index is 495. The van der Waals surface area contributed by atoms with Gasteiger partial charge in [-0.2, -0.15) is 0 Å². The van der Waals surface area contributed by atoms with Crippen LogP contribution in [0.2, 0.25) is 0 Å². The van der Waals surface area contributed by atoms with E-state index in [0.29, 0.717) is 17.5 Å². The number of phenolic OH excluding ortho intramolecular Hbond substituents is 1. The van der Waals surface area contributed by atoms with Crippen LogP contribution in [-0.4, -0.2) is 11.4 Å². The van der Waals surface area contributed by atoms with Crippen molar-refractivity contribution in [1.29, 1.82) is 0 Å². The van der Waals surface area contributed by atoms with E-state index in [4.69, 9.17) is 0 Å². The summed E-state index contributed by atoms with van der Waals surface area (Å²) in [6.07, 6.45) is 0.713. The molecule has 0 unspecified atom stereocenters. The van der Waals surface area contributed by atoms with Crippen LogP contribution in [0.3, 0.4) is 0 Å². The Labute approximate surface area is 93.4 Å². The fourth-order valence-corrected chi connectivity index (χ4v) is 1.46. The third-order valence-electron chi connectivity index (χ3n) is 2.24. The number of aromatic hydroxyl groups is 1. The van der Waals surface area contributed by atoms with Crippen LogP contribution in [0, 0.1) is 0 Å². The maximum Gasteiger partial charge on any atom is 0.152 e. The number of hydrogen-bond acceptors (Lipinski definition) is 3. The monoisotopic (exact) mass is 213 g/mol. The second-order valence-electron chi connectivity index (χ2n) is 3.35. The minimum Gasteiger partial charge on any atom is -0.506 e. The molecule has 0 aromatic heterocycles. The van der Waals surface area contributed by atoms with E-state index in [1.165, 1.54) is 6.07 Å². The van der Waals surface area contributed by atoms with Crippen LogP contribution >= 0.6 is 0 Å². The van der Waals surface area contributed by atoms with Crippen LogP contribution in [0.25, 0.3) is 0 Å². The second kappa shape index (κ2) is 4.49. The molecule has 0 fully saturated rings. The number of hydrogen-bond donors (Lipinski definition) is 2. The molecule has 0 aliphatic carbocycles. The standard InChI is InChI=1S/C13H11NO2/c15-9-10-5-4-8-12(16)13(10)14-11-6-2-1-3-7-11/h1-9,14,16H. The third-order valence-corrected chi connectivity index (χ3v) is 2.24. The average Bonchev–Trinajstić information content (AvgIpc) is 2.33. The van der Waals surface area contributed by atoms with E-state index in [-0.39, 0.29) is 5.75 Å². The summed E-state index contributed by atoms with van der Waals surface area (Å²) >= 11 is 0. The molecule has 16 heavy (non-hydrogen) atoms. The van der Waals surface area contributed by atoms with Crippen LogP contribution in [0.15, 0.2) is 48.5 Å². The van der Waals surface area contributed by atoms with Crippen molar-refractivity contribution in [1.82, 2.24) is 0 Å². The van der Waals surface area contributed by atoms with E-state index in [0.717, 1.165) is 5.69 Å². The average molecular weight is 213 g/mol. The van der Waals surface area contributed by atoms with Gasteiger partial charge in [-0.25, -0.2) is 0 Å². The lowest BCUT2D eigenvalue weighted by molar-refractivity contribution is 0.112. The molecule has 0 heterocycles. The van der Waals surface area contributed by atoms with Crippen LogP contribution in [0.4, 0.5) is 11.4 Å². The number of anilines is 2. The van der Waals surface area contributed by atoms with E-state index in [1.807, 2.05) is 30.3 Å². The summed E-state index contributed by atoms with van der Waals surface area (Å²) in [6, 6.07) is 14.2. The van der Waals surface area contributed by atoms with Crippen molar-refractivity contribution in [3.05, 3.63) is 54.1 Å². The predicted molar refractivity (Wildman–Crippen MR) is 63.2 cm³/mol. The Hall–Kier alpha value is -2.29. The molecule has 0 aliphatic heterocycles. The number of carbonyl (C=O) groups excluding carboxylic acids is 1. The van der Waals surface area contributed by atoms with Crippen LogP contribution in [0.1, 0.15) is 10.4 Å². The highest BCUT2D eigenvalue weighted by molar-refractivity contribution is 5.88. The molecule has 0 spiro atoms. The minimum atomic E-state index is 0.0634. The van der Waals surface area contributed by atoms with Gasteiger partial charge >= 0.3 is 0 Å². The Morgan fingerprint density at radius 3 is 2.44 bits per heavy atom. The Balaban J connectivity index is 2.38. The van der Waals surface area contributed by atoms with E-state index >= 15 is 0 Å². The van der Waals surface area contributed by atoms with Gasteiger partial charge in [-0.05, 0) is 24.3 Å². The van der Waals surface area contributed by atoms with Gasteiger partial charge in [-0.15, -0.1) is 0 Å². The van der Waals surface area contributed by atoms with Crippen molar-refractivity contribution >= 4 is 17.7 Å². The molecule has 2 aromatic carbocycles. The molecular weight excluding hydrogens is 202 g/mol. The molecular formula is C13H11NO2. The lowest BCUT2D eigenvalue weighted by atomic mass is 10.1. The SMILES string of the molecule is O=Cc1cccc(O)c1Nc1ccccc1. The molecule has 0 amide bonds. The number of para-hydroxylation sites is 2. The highest BCUT2D eigenvalue weighted by Gasteiger charge is 2.06. The molecule has 0 aliphatic rings. The molecule has 2 aromatic rings. The van der Waals surface area contributed by atoms with E-state index in [1.54, 1.807) is 12.1 Å². The number of benzene rings is 2. The molecule has 3 heteroatoms. The summed E-state index contributed by atoms with van der Waals surface area (Å²) in [6.45, 7) is 0. The molecule has 0 bridgehead atoms. The number of nitrogens with one attached hydrogen (secondary N) is 1. The van der Waals surface area contributed by atoms with E-state index in [2.05, 4.69) is 5.32 Å². The maximum absolute atomic E-state index is 10.8. The first-order valence-corrected chi connectivity index (χ1v) is 4.90. The Morgan fingerprint density at radius 1 is 1.00 bits per heavy atom. The Morgan fingerprint density at radius 2 is 1.75 bits per heavy atom. The molecule has 0 atom stereocenters. The van der Waals surface area contributed by atoms with Crippen LogP contribution < -0.4 is 5.32 Å². The van der Waals surface area contributed by atoms with Crippen LogP contribution in [-0.2, 0) is 0 Å². The number of phenols is 1. The summed E-state index contributed by atoms with van der Waals surface area (Å²) in [7, 11) is 0. The summed E-state index contributed by atoms with van der Waals surface area (Å²) in [5, 5.41) is 12.7. The fraction of sp³-hybridized carbons (Fsp3) is 0. The number of rotatable bonds is 3. The van der Waals surface area contributed by atoms with Crippen molar-refractivity contribution in [2.45, 2.75) is 0 Å². The smallest absolute Gasteiger partial charge is 0.152 e. The van der Waals surface area contributed by atoms with Gasteiger partial charge in [0, 0.05) is 11.3 Å². The summed E-state index contributed by atoms with van der Waals surface area (Å²) in [5.74, 6) is 0.0634. The first kappa shape index (κ1) is 10.2. The van der Waals surface area contributed by atoms with Crippen molar-refractivity contribution in [3.63, 3.8) is 0 Å². The van der Waals surface area contributed by atoms with E-state index in [9.17, 15) is 9.90 Å². The lowest BCUT2D eigenvalue weighted by Crippen LogP contribution is -1.95. The van der Waals surface area contributed by atoms with Crippen molar-refractivity contribution in [2.75, 3.05) is 5.32 Å². The zero-order chi connectivity index (χ0) is 11.4. The van der Waals surface area contributed by atoms with Gasteiger partial charge in [0.1, 0.15) is 5.75 Å². The quantitative estimate of drug-likeness (QED) is 0.608. The Kier molecular flexibility index (Phi) is 2.87. The summed E-state index contributed by atoms with van der Waals surface area (Å²) < 4.78 is 0. The van der Waals surface area contributed by atoms with Gasteiger partial charge in [-0.3, -0.25) is 4.79 Å². The van der Waals surface area contributed by atoms with Gasteiger partial charge < -0.3 is 10.4 Å². The summed E-state index contributed by atoms with van der Waals surface area (Å²) in [5.41, 5.74) is 1.69.